The first-order valence-electron chi connectivity index (χ1n) is 10.2. The van der Waals surface area contributed by atoms with Crippen molar-refractivity contribution in [1.29, 1.82) is 0 Å². The molecule has 1 aromatic carbocycles. The van der Waals surface area contributed by atoms with Crippen LogP contribution >= 0.6 is 11.3 Å². The number of aromatic nitrogens is 1. The Balaban J connectivity index is 1.35. The molecule has 1 aliphatic carbocycles. The fourth-order valence-corrected chi connectivity index (χ4v) is 5.65. The molecule has 0 radical (unpaired) electrons. The molecular formula is C21H29N3O3S2. The van der Waals surface area contributed by atoms with Gasteiger partial charge in [-0.2, -0.15) is 0 Å². The molecule has 0 fully saturated rings. The second-order valence-electron chi connectivity index (χ2n) is 7.53. The molecule has 6 nitrogen and oxygen atoms in total. The Morgan fingerprint density at radius 3 is 2.69 bits per heavy atom. The molecule has 2 N–H and O–H groups in total. The molecule has 1 aliphatic rings. The Morgan fingerprint density at radius 1 is 1.14 bits per heavy atom. The second-order valence-corrected chi connectivity index (χ2v) is 10.5. The maximum Gasteiger partial charge on any atom is 0.240 e. The van der Waals surface area contributed by atoms with Gasteiger partial charge in [-0.05, 0) is 69.2 Å². The third-order valence-corrected chi connectivity index (χ3v) is 7.89. The van der Waals surface area contributed by atoms with E-state index in [1.54, 1.807) is 18.2 Å². The predicted molar refractivity (Wildman–Crippen MR) is 116 cm³/mol. The number of fused-ring (bicyclic) bond motifs is 1. The number of nitrogens with zero attached hydrogens (tertiary/aromatic N) is 1. The number of carbonyl (C=O) groups excluding carboxylic acids is 1. The first-order chi connectivity index (χ1) is 13.8. The van der Waals surface area contributed by atoms with E-state index >= 15 is 0 Å². The van der Waals surface area contributed by atoms with E-state index in [9.17, 15) is 13.2 Å². The molecule has 0 bridgehead atoms. The van der Waals surface area contributed by atoms with Crippen LogP contribution in [0.15, 0.2) is 23.1 Å². The number of sulfonamides is 1. The summed E-state index contributed by atoms with van der Waals surface area (Å²) >= 11 is 1.81. The van der Waals surface area contributed by atoms with Crippen LogP contribution in [0.2, 0.25) is 0 Å². The summed E-state index contributed by atoms with van der Waals surface area (Å²) in [5.74, 6) is -0.147. The van der Waals surface area contributed by atoms with Crippen LogP contribution in [-0.2, 0) is 34.1 Å². The molecule has 0 unspecified atom stereocenters. The number of carbonyl (C=O) groups is 1. The van der Waals surface area contributed by atoms with Gasteiger partial charge in [-0.1, -0.05) is 6.07 Å². The Kier molecular flexibility index (Phi) is 7.43. The van der Waals surface area contributed by atoms with Gasteiger partial charge >= 0.3 is 0 Å². The molecule has 158 valence electrons. The van der Waals surface area contributed by atoms with E-state index in [1.165, 1.54) is 23.4 Å². The van der Waals surface area contributed by atoms with Crippen molar-refractivity contribution in [3.63, 3.8) is 0 Å². The minimum atomic E-state index is -3.60. The van der Waals surface area contributed by atoms with E-state index in [2.05, 4.69) is 10.0 Å². The molecule has 0 aliphatic heterocycles. The van der Waals surface area contributed by atoms with Crippen LogP contribution in [0.4, 0.5) is 0 Å². The van der Waals surface area contributed by atoms with Gasteiger partial charge in [0.05, 0.1) is 15.6 Å². The molecule has 29 heavy (non-hydrogen) atoms. The number of amides is 1. The molecule has 0 spiro atoms. The lowest BCUT2D eigenvalue weighted by atomic mass is 10.0. The van der Waals surface area contributed by atoms with Crippen molar-refractivity contribution in [3.05, 3.63) is 44.9 Å². The first-order valence-corrected chi connectivity index (χ1v) is 12.5. The average Bonchev–Trinajstić information content (AvgIpc) is 3.10. The van der Waals surface area contributed by atoms with Gasteiger partial charge in [0, 0.05) is 30.8 Å². The number of benzene rings is 1. The van der Waals surface area contributed by atoms with Crippen LogP contribution in [0.1, 0.15) is 52.4 Å². The van der Waals surface area contributed by atoms with E-state index in [0.717, 1.165) is 41.8 Å². The van der Waals surface area contributed by atoms with Crippen molar-refractivity contribution in [2.45, 2.75) is 63.7 Å². The summed E-state index contributed by atoms with van der Waals surface area (Å²) in [5.41, 5.74) is 3.24. The monoisotopic (exact) mass is 435 g/mol. The van der Waals surface area contributed by atoms with Gasteiger partial charge in [-0.15, -0.1) is 11.3 Å². The number of thiazole rings is 1. The molecule has 0 saturated heterocycles. The van der Waals surface area contributed by atoms with Crippen molar-refractivity contribution >= 4 is 27.3 Å². The van der Waals surface area contributed by atoms with E-state index < -0.39 is 10.0 Å². The molecule has 3 rings (SSSR count). The highest BCUT2D eigenvalue weighted by atomic mass is 32.2. The molecular weight excluding hydrogens is 406 g/mol. The van der Waals surface area contributed by atoms with Crippen LogP contribution in [0, 0.1) is 13.8 Å². The molecule has 1 heterocycles. The molecule has 2 aromatic rings. The summed E-state index contributed by atoms with van der Waals surface area (Å²) in [7, 11) is -3.60. The summed E-state index contributed by atoms with van der Waals surface area (Å²) in [6.07, 6.45) is 6.58. The molecule has 1 aromatic heterocycles. The van der Waals surface area contributed by atoms with Gasteiger partial charge in [0.15, 0.2) is 0 Å². The Morgan fingerprint density at radius 2 is 1.93 bits per heavy atom. The molecule has 8 heteroatoms. The highest BCUT2D eigenvalue weighted by Gasteiger charge is 2.16. The van der Waals surface area contributed by atoms with Gasteiger partial charge in [0.1, 0.15) is 0 Å². The van der Waals surface area contributed by atoms with E-state index in [1.807, 2.05) is 25.2 Å². The second kappa shape index (κ2) is 9.82. The summed E-state index contributed by atoms with van der Waals surface area (Å²) < 4.78 is 27.2. The Bertz CT molecular complexity index is 944. The van der Waals surface area contributed by atoms with Crippen molar-refractivity contribution in [3.8, 4) is 0 Å². The van der Waals surface area contributed by atoms with Crippen molar-refractivity contribution < 1.29 is 13.2 Å². The zero-order valence-corrected chi connectivity index (χ0v) is 18.7. The number of hydrogen-bond donors (Lipinski definition) is 2. The topological polar surface area (TPSA) is 88.2 Å². The minimum absolute atomic E-state index is 0.0836. The number of aryl methyl sites for hydroxylation is 5. The molecule has 0 atom stereocenters. The first kappa shape index (κ1) is 21.9. The van der Waals surface area contributed by atoms with Crippen LogP contribution in [-0.4, -0.2) is 32.4 Å². The number of hydrogen-bond acceptors (Lipinski definition) is 5. The van der Waals surface area contributed by atoms with Gasteiger partial charge in [0.2, 0.25) is 15.9 Å². The van der Waals surface area contributed by atoms with Gasteiger partial charge in [-0.3, -0.25) is 4.79 Å². The summed E-state index contributed by atoms with van der Waals surface area (Å²) in [6, 6.07) is 5.02. The average molecular weight is 436 g/mol. The maximum absolute atomic E-state index is 12.3. The number of rotatable bonds is 9. The molecule has 1 amide bonds. The SMILES string of the molecule is Cc1ccc(S(=O)(=O)NCCC(=O)NCCCc2nc3c(s2)CCCC3)cc1C. The summed E-state index contributed by atoms with van der Waals surface area (Å²) in [5, 5.41) is 4.02. The predicted octanol–water partition coefficient (Wildman–Crippen LogP) is 3.06. The lowest BCUT2D eigenvalue weighted by molar-refractivity contribution is -0.120. The summed E-state index contributed by atoms with van der Waals surface area (Å²) in [6.45, 7) is 4.47. The van der Waals surface area contributed by atoms with Crippen LogP contribution < -0.4 is 10.0 Å². The zero-order valence-electron chi connectivity index (χ0n) is 17.1. The van der Waals surface area contributed by atoms with E-state index in [0.29, 0.717) is 6.54 Å². The standard InChI is InChI=1S/C21H29N3O3S2/c1-15-9-10-17(14-16(15)2)29(26,27)23-13-11-20(25)22-12-5-8-21-24-18-6-3-4-7-19(18)28-21/h9-10,14,23H,3-8,11-13H2,1-2H3,(H,22,25). The number of nitrogens with one attached hydrogen (secondary N) is 2. The zero-order chi connectivity index (χ0) is 20.9. The highest BCUT2D eigenvalue weighted by Crippen LogP contribution is 2.27. The fraction of sp³-hybridized carbons (Fsp3) is 0.524. The van der Waals surface area contributed by atoms with Crippen molar-refractivity contribution in [2.24, 2.45) is 0 Å². The Hall–Kier alpha value is -1.77. The van der Waals surface area contributed by atoms with Crippen LogP contribution in [0.25, 0.3) is 0 Å². The maximum atomic E-state index is 12.3. The van der Waals surface area contributed by atoms with Crippen molar-refractivity contribution in [2.75, 3.05) is 13.1 Å². The quantitative estimate of drug-likeness (QED) is 0.593. The van der Waals surface area contributed by atoms with E-state index in [-0.39, 0.29) is 23.8 Å². The Labute approximate surface area is 177 Å². The smallest absolute Gasteiger partial charge is 0.240 e. The third kappa shape index (κ3) is 6.10. The lowest BCUT2D eigenvalue weighted by Gasteiger charge is -2.09. The fourth-order valence-electron chi connectivity index (χ4n) is 3.33. The minimum Gasteiger partial charge on any atom is -0.356 e. The van der Waals surface area contributed by atoms with Gasteiger partial charge in [0.25, 0.3) is 0 Å². The van der Waals surface area contributed by atoms with Gasteiger partial charge < -0.3 is 5.32 Å². The molecule has 0 saturated carbocycles. The largest absolute Gasteiger partial charge is 0.356 e. The lowest BCUT2D eigenvalue weighted by Crippen LogP contribution is -2.31. The highest BCUT2D eigenvalue weighted by molar-refractivity contribution is 7.89. The van der Waals surface area contributed by atoms with Crippen LogP contribution in [0.5, 0.6) is 0 Å². The van der Waals surface area contributed by atoms with Crippen molar-refractivity contribution in [1.82, 2.24) is 15.0 Å². The summed E-state index contributed by atoms with van der Waals surface area (Å²) in [4.78, 5) is 18.4. The van der Waals surface area contributed by atoms with Gasteiger partial charge in [-0.25, -0.2) is 18.1 Å². The third-order valence-electron chi connectivity index (χ3n) is 5.21. The normalized spacial score (nSPS) is 13.9. The van der Waals surface area contributed by atoms with E-state index in [4.69, 9.17) is 4.98 Å². The van der Waals surface area contributed by atoms with Crippen LogP contribution in [0.3, 0.4) is 0 Å².